The molecule has 1 heterocycles. The highest BCUT2D eigenvalue weighted by atomic mass is 127. The van der Waals surface area contributed by atoms with Crippen molar-refractivity contribution < 1.29 is 18.6 Å². The van der Waals surface area contributed by atoms with Gasteiger partial charge in [0.05, 0.1) is 6.10 Å². The van der Waals surface area contributed by atoms with Crippen LogP contribution >= 0.6 is 24.0 Å². The van der Waals surface area contributed by atoms with Crippen molar-refractivity contribution in [2.45, 2.75) is 57.9 Å². The van der Waals surface area contributed by atoms with Gasteiger partial charge in [-0.2, -0.15) is 8.78 Å². The van der Waals surface area contributed by atoms with Crippen LogP contribution in [0, 0.1) is 6.92 Å². The number of nitrogens with zero attached hydrogens (tertiary/aromatic N) is 4. The Morgan fingerprint density at radius 1 is 1.26 bits per heavy atom. The third kappa shape index (κ3) is 7.56. The van der Waals surface area contributed by atoms with Gasteiger partial charge in [0.1, 0.15) is 18.1 Å². The van der Waals surface area contributed by atoms with Crippen LogP contribution in [0.15, 0.2) is 29.3 Å². The second-order valence-electron chi connectivity index (χ2n) is 7.36. The van der Waals surface area contributed by atoms with Crippen LogP contribution in [0.25, 0.3) is 0 Å². The summed E-state index contributed by atoms with van der Waals surface area (Å²) in [6.45, 7) is -0.425. The molecule has 1 atom stereocenters. The van der Waals surface area contributed by atoms with E-state index in [4.69, 9.17) is 0 Å². The molecule has 172 valence electrons. The Balaban J connectivity index is 0.00000341. The SMILES string of the molecule is Cc1nnc(CN=C(NCC(O)c2ccc(OC(F)F)cc2)NC2CCCC2)n1C.I. The molecule has 0 amide bonds. The molecule has 1 aromatic heterocycles. The lowest BCUT2D eigenvalue weighted by atomic mass is 10.1. The first-order valence-corrected chi connectivity index (χ1v) is 10.0. The van der Waals surface area contributed by atoms with Crippen LogP contribution in [0.1, 0.15) is 49.0 Å². The van der Waals surface area contributed by atoms with Crippen molar-refractivity contribution in [1.29, 1.82) is 0 Å². The van der Waals surface area contributed by atoms with Crippen molar-refractivity contribution in [2.75, 3.05) is 6.54 Å². The van der Waals surface area contributed by atoms with Crippen LogP contribution < -0.4 is 15.4 Å². The highest BCUT2D eigenvalue weighted by Gasteiger charge is 2.17. The number of aliphatic hydroxyl groups excluding tert-OH is 1. The van der Waals surface area contributed by atoms with Gasteiger partial charge < -0.3 is 25.0 Å². The van der Waals surface area contributed by atoms with Crippen molar-refractivity contribution in [3.05, 3.63) is 41.5 Å². The third-order valence-corrected chi connectivity index (χ3v) is 5.21. The lowest BCUT2D eigenvalue weighted by Crippen LogP contribution is -2.43. The number of halogens is 3. The number of rotatable bonds is 8. The molecule has 1 fully saturated rings. The minimum absolute atomic E-state index is 0. The van der Waals surface area contributed by atoms with E-state index in [1.807, 2.05) is 18.5 Å². The molecular weight excluding hydrogens is 521 g/mol. The van der Waals surface area contributed by atoms with Crippen molar-refractivity contribution in [3.63, 3.8) is 0 Å². The average Bonchev–Trinajstić information content (AvgIpc) is 3.34. The van der Waals surface area contributed by atoms with Gasteiger partial charge in [-0.15, -0.1) is 34.2 Å². The zero-order valence-electron chi connectivity index (χ0n) is 17.6. The van der Waals surface area contributed by atoms with Gasteiger partial charge in [-0.3, -0.25) is 0 Å². The van der Waals surface area contributed by atoms with Gasteiger partial charge in [0, 0.05) is 19.6 Å². The monoisotopic (exact) mass is 550 g/mol. The molecule has 8 nitrogen and oxygen atoms in total. The molecule has 11 heteroatoms. The summed E-state index contributed by atoms with van der Waals surface area (Å²) >= 11 is 0. The predicted molar refractivity (Wildman–Crippen MR) is 124 cm³/mol. The second kappa shape index (κ2) is 12.1. The van der Waals surface area contributed by atoms with Crippen LogP contribution in [-0.4, -0.2) is 45.0 Å². The highest BCUT2D eigenvalue weighted by Crippen LogP contribution is 2.20. The van der Waals surface area contributed by atoms with Crippen molar-refractivity contribution in [1.82, 2.24) is 25.4 Å². The van der Waals surface area contributed by atoms with Gasteiger partial charge in [-0.05, 0) is 37.5 Å². The van der Waals surface area contributed by atoms with E-state index in [0.29, 0.717) is 24.1 Å². The number of aryl methyl sites for hydroxylation is 1. The van der Waals surface area contributed by atoms with E-state index in [9.17, 15) is 13.9 Å². The minimum Gasteiger partial charge on any atom is -0.435 e. The Bertz CT molecular complexity index is 841. The fraction of sp³-hybridized carbons (Fsp3) is 0.550. The molecule has 31 heavy (non-hydrogen) atoms. The van der Waals surface area contributed by atoms with E-state index in [-0.39, 0.29) is 36.3 Å². The first-order valence-electron chi connectivity index (χ1n) is 10.0. The molecule has 1 aliphatic rings. The van der Waals surface area contributed by atoms with Crippen molar-refractivity contribution >= 4 is 29.9 Å². The summed E-state index contributed by atoms with van der Waals surface area (Å²) in [7, 11) is 1.89. The topological polar surface area (TPSA) is 96.6 Å². The van der Waals surface area contributed by atoms with E-state index in [2.05, 4.69) is 30.6 Å². The molecule has 3 N–H and O–H groups in total. The number of aliphatic hydroxyl groups is 1. The Kier molecular flexibility index (Phi) is 9.88. The Morgan fingerprint density at radius 2 is 1.94 bits per heavy atom. The number of hydrogen-bond acceptors (Lipinski definition) is 5. The number of guanidine groups is 1. The molecule has 0 radical (unpaired) electrons. The molecule has 2 aromatic rings. The quantitative estimate of drug-likeness (QED) is 0.266. The molecule has 0 spiro atoms. The third-order valence-electron chi connectivity index (χ3n) is 5.21. The summed E-state index contributed by atoms with van der Waals surface area (Å²) in [6, 6.07) is 6.29. The molecule has 1 aliphatic carbocycles. The Hall–Kier alpha value is -2.02. The van der Waals surface area contributed by atoms with Crippen LogP contribution in [-0.2, 0) is 13.6 Å². The zero-order chi connectivity index (χ0) is 21.5. The zero-order valence-corrected chi connectivity index (χ0v) is 19.9. The van der Waals surface area contributed by atoms with Crippen molar-refractivity contribution in [3.8, 4) is 5.75 Å². The normalized spacial score (nSPS) is 15.6. The van der Waals surface area contributed by atoms with Crippen LogP contribution in [0.4, 0.5) is 8.78 Å². The number of ether oxygens (including phenoxy) is 1. The number of nitrogens with one attached hydrogen (secondary N) is 2. The van der Waals surface area contributed by atoms with Crippen LogP contribution in [0.3, 0.4) is 0 Å². The summed E-state index contributed by atoms with van der Waals surface area (Å²) in [6.07, 6.45) is 3.69. The standard InChI is InChI=1S/C20H28F2N6O2.HI/c1-13-26-27-18(28(13)2)12-24-20(25-15-5-3-4-6-15)23-11-17(29)14-7-9-16(10-8-14)30-19(21)22;/h7-10,15,17,19,29H,3-6,11-12H2,1-2H3,(H2,23,24,25);1H. The first kappa shape index (κ1) is 25.2. The Morgan fingerprint density at radius 3 is 2.52 bits per heavy atom. The summed E-state index contributed by atoms with van der Waals surface area (Å²) in [5.74, 6) is 2.21. The lowest BCUT2D eigenvalue weighted by Gasteiger charge is -2.19. The fourth-order valence-corrected chi connectivity index (χ4v) is 3.34. The van der Waals surface area contributed by atoms with Gasteiger partial charge in [0.15, 0.2) is 11.8 Å². The number of aromatic nitrogens is 3. The fourth-order valence-electron chi connectivity index (χ4n) is 3.34. The number of alkyl halides is 2. The van der Waals surface area contributed by atoms with Gasteiger partial charge in [-0.1, -0.05) is 25.0 Å². The molecule has 0 bridgehead atoms. The number of benzene rings is 1. The smallest absolute Gasteiger partial charge is 0.387 e. The first-order chi connectivity index (χ1) is 14.4. The van der Waals surface area contributed by atoms with Gasteiger partial charge in [0.25, 0.3) is 0 Å². The second-order valence-corrected chi connectivity index (χ2v) is 7.36. The molecule has 0 aliphatic heterocycles. The average molecular weight is 550 g/mol. The van der Waals surface area contributed by atoms with E-state index in [0.717, 1.165) is 24.5 Å². The maximum atomic E-state index is 12.3. The summed E-state index contributed by atoms with van der Waals surface area (Å²) in [5, 5.41) is 25.2. The minimum atomic E-state index is -2.87. The predicted octanol–water partition coefficient (Wildman–Crippen LogP) is 3.05. The molecule has 1 unspecified atom stereocenters. The molecule has 1 saturated carbocycles. The van der Waals surface area contributed by atoms with Crippen LogP contribution in [0.2, 0.25) is 0 Å². The molecular formula is C20H29F2IN6O2. The number of hydrogen-bond donors (Lipinski definition) is 3. The maximum Gasteiger partial charge on any atom is 0.387 e. The van der Waals surface area contributed by atoms with E-state index in [1.54, 1.807) is 12.1 Å². The lowest BCUT2D eigenvalue weighted by molar-refractivity contribution is -0.0498. The number of aliphatic imine (C=N–C) groups is 1. The summed E-state index contributed by atoms with van der Waals surface area (Å²) < 4.78 is 30.7. The highest BCUT2D eigenvalue weighted by molar-refractivity contribution is 14.0. The van der Waals surface area contributed by atoms with E-state index < -0.39 is 12.7 Å². The van der Waals surface area contributed by atoms with Gasteiger partial charge in [-0.25, -0.2) is 4.99 Å². The molecule has 3 rings (SSSR count). The van der Waals surface area contributed by atoms with Crippen LogP contribution in [0.5, 0.6) is 5.75 Å². The van der Waals surface area contributed by atoms with E-state index in [1.165, 1.54) is 25.0 Å². The molecule has 0 saturated heterocycles. The summed E-state index contributed by atoms with van der Waals surface area (Å²) in [5.41, 5.74) is 0.591. The van der Waals surface area contributed by atoms with Gasteiger partial charge in [0.2, 0.25) is 0 Å². The maximum absolute atomic E-state index is 12.3. The molecule has 1 aromatic carbocycles. The summed E-state index contributed by atoms with van der Waals surface area (Å²) in [4.78, 5) is 4.60. The van der Waals surface area contributed by atoms with Crippen molar-refractivity contribution in [2.24, 2.45) is 12.0 Å². The van der Waals surface area contributed by atoms with E-state index >= 15 is 0 Å². The van der Waals surface area contributed by atoms with Gasteiger partial charge >= 0.3 is 6.61 Å². The largest absolute Gasteiger partial charge is 0.435 e. The Labute approximate surface area is 197 Å².